The third-order valence-electron chi connectivity index (χ3n) is 8.39. The van der Waals surface area contributed by atoms with Gasteiger partial charge in [-0.05, 0) is 62.5 Å². The Hall–Kier alpha value is -2.90. The summed E-state index contributed by atoms with van der Waals surface area (Å²) < 4.78 is 18.3. The normalized spacial score (nSPS) is 15.2. The van der Waals surface area contributed by atoms with Gasteiger partial charge in [0.2, 0.25) is 0 Å². The van der Waals surface area contributed by atoms with Gasteiger partial charge in [0.15, 0.2) is 0 Å². The summed E-state index contributed by atoms with van der Waals surface area (Å²) in [7, 11) is 1.39. The molecule has 3 aromatic rings. The molecule has 10 nitrogen and oxygen atoms in total. The number of methoxy groups -OCH3 is 1. The van der Waals surface area contributed by atoms with Crippen molar-refractivity contribution in [2.75, 3.05) is 75.7 Å². The SMILES string of the molecule is COC(=O)CCOCCCNCCCC(COc1nc2c(c(N3C=CN(S)CC3)n1)CCN(c1cccc3cccc(Cl)c13)C2)SC. The second-order valence-corrected chi connectivity index (χ2v) is 13.6. The molecule has 0 aliphatic carbocycles. The highest BCUT2D eigenvalue weighted by molar-refractivity contribution is 7.99. The minimum absolute atomic E-state index is 0.243. The molecule has 47 heavy (non-hydrogen) atoms. The van der Waals surface area contributed by atoms with Crippen LogP contribution in [0.4, 0.5) is 11.5 Å². The number of carbonyl (C=O) groups is 1. The zero-order valence-electron chi connectivity index (χ0n) is 27.2. The highest BCUT2D eigenvalue weighted by Gasteiger charge is 2.27. The second kappa shape index (κ2) is 18.0. The average molecular weight is 701 g/mol. The Bertz CT molecular complexity index is 1510. The van der Waals surface area contributed by atoms with Crippen LogP contribution in [0.25, 0.3) is 10.8 Å². The zero-order valence-corrected chi connectivity index (χ0v) is 29.7. The van der Waals surface area contributed by atoms with Crippen molar-refractivity contribution in [2.45, 2.75) is 43.9 Å². The van der Waals surface area contributed by atoms with Crippen LogP contribution in [-0.4, -0.2) is 91.4 Å². The number of hydrogen-bond donors (Lipinski definition) is 2. The van der Waals surface area contributed by atoms with Gasteiger partial charge in [-0.1, -0.05) is 48.7 Å². The van der Waals surface area contributed by atoms with E-state index in [1.165, 1.54) is 12.7 Å². The van der Waals surface area contributed by atoms with E-state index >= 15 is 0 Å². The van der Waals surface area contributed by atoms with Crippen molar-refractivity contribution >= 4 is 64.4 Å². The Morgan fingerprint density at radius 3 is 2.70 bits per heavy atom. The fraction of sp³-hybridized carbons (Fsp3) is 0.500. The number of carbonyl (C=O) groups excluding carboxylic acids is 1. The highest BCUT2D eigenvalue weighted by Crippen LogP contribution is 2.37. The molecule has 0 spiro atoms. The van der Waals surface area contributed by atoms with E-state index in [0.29, 0.717) is 44.0 Å². The number of ether oxygens (including phenoxy) is 3. The first-order chi connectivity index (χ1) is 23.0. The summed E-state index contributed by atoms with van der Waals surface area (Å²) in [6.07, 6.45) is 10.2. The molecule has 2 aliphatic heterocycles. The molecule has 1 aromatic heterocycles. The Kier molecular flexibility index (Phi) is 13.6. The molecule has 13 heteroatoms. The first-order valence-electron chi connectivity index (χ1n) is 16.2. The molecule has 0 bridgehead atoms. The van der Waals surface area contributed by atoms with Crippen molar-refractivity contribution in [3.8, 4) is 6.01 Å². The Morgan fingerprint density at radius 1 is 1.09 bits per heavy atom. The molecule has 3 heterocycles. The maximum absolute atomic E-state index is 11.1. The van der Waals surface area contributed by atoms with Gasteiger partial charge in [-0.15, -0.1) is 0 Å². The molecule has 0 radical (unpaired) electrons. The minimum atomic E-state index is -0.243. The quantitative estimate of drug-likeness (QED) is 0.103. The van der Waals surface area contributed by atoms with Gasteiger partial charge in [0.1, 0.15) is 12.4 Å². The lowest BCUT2D eigenvalue weighted by atomic mass is 10.0. The van der Waals surface area contributed by atoms with Gasteiger partial charge >= 0.3 is 12.0 Å². The van der Waals surface area contributed by atoms with E-state index in [9.17, 15) is 4.79 Å². The van der Waals surface area contributed by atoms with Crippen LogP contribution < -0.4 is 19.9 Å². The molecule has 0 fully saturated rings. The van der Waals surface area contributed by atoms with E-state index in [-0.39, 0.29) is 5.97 Å². The minimum Gasteiger partial charge on any atom is -0.469 e. The predicted octanol–water partition coefficient (Wildman–Crippen LogP) is 5.73. The number of anilines is 2. The summed E-state index contributed by atoms with van der Waals surface area (Å²) >= 11 is 13.0. The first kappa shape index (κ1) is 35.4. The summed E-state index contributed by atoms with van der Waals surface area (Å²) in [4.78, 5) is 25.6. The summed E-state index contributed by atoms with van der Waals surface area (Å²) in [5.41, 5.74) is 3.27. The van der Waals surface area contributed by atoms with Gasteiger partial charge < -0.3 is 33.6 Å². The molecule has 1 unspecified atom stereocenters. The summed E-state index contributed by atoms with van der Waals surface area (Å²) in [6.45, 7) is 6.44. The molecule has 1 atom stereocenters. The van der Waals surface area contributed by atoms with Crippen LogP contribution in [0.3, 0.4) is 0 Å². The van der Waals surface area contributed by atoms with Gasteiger partial charge in [-0.3, -0.25) is 4.79 Å². The molecule has 5 rings (SSSR count). The van der Waals surface area contributed by atoms with Crippen LogP contribution in [0.5, 0.6) is 6.01 Å². The molecule has 0 saturated heterocycles. The summed E-state index contributed by atoms with van der Waals surface area (Å²) in [6, 6.07) is 12.8. The fourth-order valence-electron chi connectivity index (χ4n) is 5.80. The molecule has 2 aliphatic rings. The number of hydrogen-bond acceptors (Lipinski definition) is 12. The van der Waals surface area contributed by atoms with E-state index in [2.05, 4.69) is 63.2 Å². The lowest BCUT2D eigenvalue weighted by Crippen LogP contribution is -2.36. The lowest BCUT2D eigenvalue weighted by Gasteiger charge is -2.34. The van der Waals surface area contributed by atoms with Crippen molar-refractivity contribution in [1.82, 2.24) is 19.6 Å². The molecular formula is C34H45ClN6O4S2. The van der Waals surface area contributed by atoms with E-state index in [1.807, 2.05) is 40.6 Å². The van der Waals surface area contributed by atoms with E-state index in [4.69, 9.17) is 31.0 Å². The van der Waals surface area contributed by atoms with Gasteiger partial charge in [0.05, 0.1) is 37.4 Å². The summed E-state index contributed by atoms with van der Waals surface area (Å²) in [5.74, 6) is 0.672. The van der Waals surface area contributed by atoms with Crippen LogP contribution in [0.15, 0.2) is 48.8 Å². The molecule has 0 amide bonds. The smallest absolute Gasteiger partial charge is 0.318 e. The molecule has 0 saturated carbocycles. The largest absolute Gasteiger partial charge is 0.469 e. The van der Waals surface area contributed by atoms with Crippen LogP contribution in [0.2, 0.25) is 5.02 Å². The Morgan fingerprint density at radius 2 is 1.91 bits per heavy atom. The number of fused-ring (bicyclic) bond motifs is 2. The number of nitrogens with zero attached hydrogens (tertiary/aromatic N) is 5. The topological polar surface area (TPSA) is 92.3 Å². The number of thioether (sulfide) groups is 1. The Balaban J connectivity index is 1.20. The molecule has 254 valence electrons. The van der Waals surface area contributed by atoms with Crippen molar-refractivity contribution in [2.24, 2.45) is 0 Å². The van der Waals surface area contributed by atoms with Gasteiger partial charge in [0, 0.05) is 60.5 Å². The van der Waals surface area contributed by atoms with Crippen molar-refractivity contribution in [3.05, 3.63) is 65.1 Å². The zero-order chi connectivity index (χ0) is 33.0. The monoisotopic (exact) mass is 700 g/mol. The van der Waals surface area contributed by atoms with Gasteiger partial charge in [-0.25, -0.2) is 0 Å². The van der Waals surface area contributed by atoms with Crippen LogP contribution in [0.1, 0.15) is 36.9 Å². The predicted molar refractivity (Wildman–Crippen MR) is 195 cm³/mol. The first-order valence-corrected chi connectivity index (χ1v) is 18.3. The van der Waals surface area contributed by atoms with Crippen LogP contribution in [0, 0.1) is 0 Å². The highest BCUT2D eigenvalue weighted by atomic mass is 35.5. The Labute approximate surface area is 292 Å². The number of benzene rings is 2. The van der Waals surface area contributed by atoms with E-state index < -0.39 is 0 Å². The number of aromatic nitrogens is 2. The number of thiol groups is 1. The number of rotatable bonds is 17. The second-order valence-electron chi connectivity index (χ2n) is 11.5. The molecular weight excluding hydrogens is 656 g/mol. The number of nitrogens with one attached hydrogen (secondary N) is 1. The average Bonchev–Trinajstić information content (AvgIpc) is 3.09. The number of halogens is 1. The van der Waals surface area contributed by atoms with Gasteiger partial charge in [-0.2, -0.15) is 21.7 Å². The molecule has 1 N–H and O–H groups in total. The number of esters is 1. The van der Waals surface area contributed by atoms with Crippen LogP contribution in [-0.2, 0) is 27.2 Å². The van der Waals surface area contributed by atoms with Crippen molar-refractivity contribution in [1.29, 1.82) is 0 Å². The molecule has 2 aromatic carbocycles. The maximum atomic E-state index is 11.1. The lowest BCUT2D eigenvalue weighted by molar-refractivity contribution is -0.141. The van der Waals surface area contributed by atoms with Gasteiger partial charge in [0.25, 0.3) is 0 Å². The third-order valence-corrected chi connectivity index (χ3v) is 10.1. The van der Waals surface area contributed by atoms with E-state index in [0.717, 1.165) is 91.4 Å². The van der Waals surface area contributed by atoms with Crippen molar-refractivity contribution in [3.63, 3.8) is 0 Å². The van der Waals surface area contributed by atoms with Crippen LogP contribution >= 0.6 is 36.2 Å². The summed E-state index contributed by atoms with van der Waals surface area (Å²) in [5, 5.41) is 6.76. The third kappa shape index (κ3) is 9.82. The standard InChI is InChI=1S/C34H45ClN6O4S2/c1-43-31(42)13-22-44-21-6-15-36-14-5-9-26(47-2)24-45-34-37-29-23-40(30-11-4-8-25-7-3-10-28(35)32(25)30)16-12-27(29)33(38-34)39-17-19-41(46)20-18-39/h3-4,7-8,10-11,17,19,26,36,46H,5-6,9,12-16,18,20-24H2,1-2H3. The maximum Gasteiger partial charge on any atom is 0.318 e. The van der Waals surface area contributed by atoms with Crippen molar-refractivity contribution < 1.29 is 19.0 Å². The fourth-order valence-corrected chi connectivity index (χ4v) is 6.84. The van der Waals surface area contributed by atoms with E-state index in [1.54, 1.807) is 0 Å².